The molecule has 1 aliphatic heterocycles. The number of amides is 1. The van der Waals surface area contributed by atoms with Crippen molar-refractivity contribution in [2.75, 3.05) is 6.54 Å². The predicted molar refractivity (Wildman–Crippen MR) is 35.0 cm³/mol. The summed E-state index contributed by atoms with van der Waals surface area (Å²) in [4.78, 5) is 10.7. The van der Waals surface area contributed by atoms with E-state index in [1.807, 2.05) is 0 Å². The van der Waals surface area contributed by atoms with Crippen molar-refractivity contribution in [2.45, 2.75) is 26.2 Å². The van der Waals surface area contributed by atoms with Crippen LogP contribution in [0.5, 0.6) is 0 Å². The van der Waals surface area contributed by atoms with Crippen LogP contribution in [0, 0.1) is 5.92 Å². The van der Waals surface area contributed by atoms with Crippen LogP contribution in [0.1, 0.15) is 26.2 Å². The van der Waals surface area contributed by atoms with Crippen LogP contribution in [0.3, 0.4) is 0 Å². The molecule has 1 rings (SSSR count). The summed E-state index contributed by atoms with van der Waals surface area (Å²) in [5.74, 6) is 0.725. The third-order valence-electron chi connectivity index (χ3n) is 1.87. The summed E-state index contributed by atoms with van der Waals surface area (Å²) >= 11 is 0. The van der Waals surface area contributed by atoms with Crippen LogP contribution >= 0.6 is 0 Å². The van der Waals surface area contributed by atoms with E-state index in [1.54, 1.807) is 0 Å². The molecule has 2 heteroatoms. The minimum absolute atomic E-state index is 0.105. The van der Waals surface area contributed by atoms with Crippen LogP contribution in [0.4, 0.5) is 0 Å². The van der Waals surface area contributed by atoms with Crippen LogP contribution in [0.2, 0.25) is 0 Å². The van der Waals surface area contributed by atoms with E-state index in [0.717, 1.165) is 19.4 Å². The Hall–Kier alpha value is -0.530. The molecule has 1 radical (unpaired) electrons. The van der Waals surface area contributed by atoms with E-state index in [9.17, 15) is 4.79 Å². The highest BCUT2D eigenvalue weighted by Crippen LogP contribution is 2.15. The van der Waals surface area contributed by atoms with Gasteiger partial charge in [0.15, 0.2) is 0 Å². The minimum atomic E-state index is 0.105. The zero-order valence-corrected chi connectivity index (χ0v) is 5.76. The van der Waals surface area contributed by atoms with Crippen molar-refractivity contribution in [1.82, 2.24) is 5.32 Å². The molecule has 1 fully saturated rings. The molecular formula is C7H12NO. The van der Waals surface area contributed by atoms with Crippen LogP contribution < -0.4 is 5.32 Å². The first-order valence-electron chi connectivity index (χ1n) is 3.53. The summed E-state index contributed by atoms with van der Waals surface area (Å²) in [5.41, 5.74) is 0. The Morgan fingerprint density at radius 1 is 1.78 bits per heavy atom. The molecule has 0 saturated carbocycles. The average molecular weight is 126 g/mol. The van der Waals surface area contributed by atoms with Gasteiger partial charge >= 0.3 is 0 Å². The Balaban J connectivity index is 2.32. The van der Waals surface area contributed by atoms with E-state index in [4.69, 9.17) is 0 Å². The van der Waals surface area contributed by atoms with Gasteiger partial charge in [0.05, 0.1) is 0 Å². The quantitative estimate of drug-likeness (QED) is 0.514. The number of carbonyl (C=O) groups is 1. The van der Waals surface area contributed by atoms with E-state index in [2.05, 4.69) is 12.2 Å². The molecule has 0 spiro atoms. The van der Waals surface area contributed by atoms with Crippen LogP contribution in [-0.2, 0) is 4.79 Å². The highest BCUT2D eigenvalue weighted by atomic mass is 16.1. The van der Waals surface area contributed by atoms with Crippen molar-refractivity contribution in [3.8, 4) is 0 Å². The second kappa shape index (κ2) is 2.85. The van der Waals surface area contributed by atoms with Gasteiger partial charge in [-0.15, -0.1) is 0 Å². The summed E-state index contributed by atoms with van der Waals surface area (Å²) < 4.78 is 0. The molecule has 2 nitrogen and oxygen atoms in total. The van der Waals surface area contributed by atoms with E-state index in [0.29, 0.717) is 12.3 Å². The van der Waals surface area contributed by atoms with Crippen molar-refractivity contribution in [3.63, 3.8) is 0 Å². The maximum absolute atomic E-state index is 10.7. The zero-order chi connectivity index (χ0) is 6.69. The van der Waals surface area contributed by atoms with Gasteiger partial charge < -0.3 is 0 Å². The van der Waals surface area contributed by atoms with Gasteiger partial charge in [-0.25, -0.2) is 0 Å². The maximum atomic E-state index is 10.7. The number of hydrogen-bond donors (Lipinski definition) is 0. The fourth-order valence-corrected chi connectivity index (χ4v) is 1.13. The summed E-state index contributed by atoms with van der Waals surface area (Å²) in [6.07, 6.45) is 2.93. The minimum Gasteiger partial charge on any atom is -0.273 e. The second-order valence-corrected chi connectivity index (χ2v) is 2.54. The Kier molecular flexibility index (Phi) is 2.09. The van der Waals surface area contributed by atoms with E-state index in [1.165, 1.54) is 0 Å². The van der Waals surface area contributed by atoms with Crippen molar-refractivity contribution < 1.29 is 4.79 Å². The van der Waals surface area contributed by atoms with Crippen molar-refractivity contribution in [3.05, 3.63) is 0 Å². The summed E-state index contributed by atoms with van der Waals surface area (Å²) in [5, 5.41) is 3.79. The van der Waals surface area contributed by atoms with Crippen LogP contribution in [0.25, 0.3) is 0 Å². The SMILES string of the molecule is CCC1CC[N]C(=O)C1. The molecule has 0 aliphatic carbocycles. The summed E-state index contributed by atoms with van der Waals surface area (Å²) in [6.45, 7) is 2.89. The fourth-order valence-electron chi connectivity index (χ4n) is 1.13. The molecule has 9 heavy (non-hydrogen) atoms. The molecule has 1 atom stereocenters. The van der Waals surface area contributed by atoms with Crippen LogP contribution in [0.15, 0.2) is 0 Å². The highest BCUT2D eigenvalue weighted by Gasteiger charge is 2.17. The van der Waals surface area contributed by atoms with Crippen molar-refractivity contribution in [2.24, 2.45) is 5.92 Å². The van der Waals surface area contributed by atoms with E-state index in [-0.39, 0.29) is 5.91 Å². The molecule has 0 aromatic heterocycles. The molecule has 0 aromatic carbocycles. The molecule has 0 bridgehead atoms. The largest absolute Gasteiger partial charge is 0.273 e. The predicted octanol–water partition coefficient (Wildman–Crippen LogP) is 0.937. The molecule has 1 aliphatic rings. The first-order chi connectivity index (χ1) is 4.33. The Morgan fingerprint density at radius 2 is 2.56 bits per heavy atom. The summed E-state index contributed by atoms with van der Waals surface area (Å²) in [7, 11) is 0. The third kappa shape index (κ3) is 1.70. The lowest BCUT2D eigenvalue weighted by Crippen LogP contribution is -2.27. The van der Waals surface area contributed by atoms with Gasteiger partial charge in [0.1, 0.15) is 0 Å². The van der Waals surface area contributed by atoms with Gasteiger partial charge in [0.2, 0.25) is 5.91 Å². The lowest BCUT2D eigenvalue weighted by Gasteiger charge is -2.17. The maximum Gasteiger partial charge on any atom is 0.241 e. The average Bonchev–Trinajstić information content (AvgIpc) is 1.88. The highest BCUT2D eigenvalue weighted by molar-refractivity contribution is 5.76. The molecule has 0 aromatic rings. The van der Waals surface area contributed by atoms with Crippen molar-refractivity contribution in [1.29, 1.82) is 0 Å². The Labute approximate surface area is 55.6 Å². The first kappa shape index (κ1) is 6.59. The number of nitrogens with zero attached hydrogens (tertiary/aromatic N) is 1. The van der Waals surface area contributed by atoms with Crippen LogP contribution in [-0.4, -0.2) is 12.5 Å². The smallest absolute Gasteiger partial charge is 0.241 e. The molecule has 51 valence electrons. The molecule has 1 amide bonds. The van der Waals surface area contributed by atoms with Crippen molar-refractivity contribution >= 4 is 5.91 Å². The number of hydrogen-bond acceptors (Lipinski definition) is 1. The Morgan fingerprint density at radius 3 is 3.00 bits per heavy atom. The van der Waals surface area contributed by atoms with Gasteiger partial charge in [-0.05, 0) is 12.3 Å². The fraction of sp³-hybridized carbons (Fsp3) is 0.857. The standard InChI is InChI=1S/C7H12NO/c1-2-6-3-4-8-7(9)5-6/h6H,2-5H2,1H3. The summed E-state index contributed by atoms with van der Waals surface area (Å²) in [6, 6.07) is 0. The van der Waals surface area contributed by atoms with Gasteiger partial charge in [-0.3, -0.25) is 10.1 Å². The molecular weight excluding hydrogens is 114 g/mol. The normalized spacial score (nSPS) is 27.7. The topological polar surface area (TPSA) is 31.2 Å². The monoisotopic (exact) mass is 126 g/mol. The van der Waals surface area contributed by atoms with E-state index >= 15 is 0 Å². The Bertz CT molecular complexity index is 111. The number of carbonyl (C=O) groups excluding carboxylic acids is 1. The third-order valence-corrected chi connectivity index (χ3v) is 1.87. The van der Waals surface area contributed by atoms with E-state index < -0.39 is 0 Å². The number of piperidine rings is 1. The zero-order valence-electron chi connectivity index (χ0n) is 5.76. The van der Waals surface area contributed by atoms with Gasteiger partial charge in [-0.1, -0.05) is 13.3 Å². The lowest BCUT2D eigenvalue weighted by atomic mass is 9.95. The van der Waals surface area contributed by atoms with Gasteiger partial charge in [0.25, 0.3) is 0 Å². The molecule has 1 saturated heterocycles. The molecule has 1 heterocycles. The number of rotatable bonds is 1. The molecule has 1 unspecified atom stereocenters. The molecule has 0 N–H and O–H groups in total. The second-order valence-electron chi connectivity index (χ2n) is 2.54. The van der Waals surface area contributed by atoms with Gasteiger partial charge in [0, 0.05) is 13.0 Å². The lowest BCUT2D eigenvalue weighted by molar-refractivity contribution is -0.123. The first-order valence-corrected chi connectivity index (χ1v) is 3.53. The van der Waals surface area contributed by atoms with Gasteiger partial charge in [-0.2, -0.15) is 0 Å².